The van der Waals surface area contributed by atoms with Crippen molar-refractivity contribution in [3.8, 4) is 28.6 Å². The largest absolute Gasteiger partial charge is 0.507 e. The SMILES string of the molecule is CN1NC(c2cc(C(=O)N3CCC3)cc(-c3cn(-c4ccc(C(=O)O)c(O)c4)nn3)n2)=CN1c1ccc(C(=O)O)c(O)c1. The second-order valence-corrected chi connectivity index (χ2v) is 9.86. The summed E-state index contributed by atoms with van der Waals surface area (Å²) in [7, 11) is 1.71. The van der Waals surface area contributed by atoms with Crippen molar-refractivity contribution in [2.24, 2.45) is 0 Å². The van der Waals surface area contributed by atoms with E-state index in [2.05, 4.69) is 15.7 Å². The van der Waals surface area contributed by atoms with Crippen molar-refractivity contribution in [2.75, 3.05) is 25.1 Å². The second kappa shape index (κ2) is 10.5. The van der Waals surface area contributed by atoms with Crippen LogP contribution in [0.1, 0.15) is 43.2 Å². The number of likely N-dealkylation sites (tertiary alicyclic amines) is 1. The number of pyridine rings is 1. The Balaban J connectivity index is 1.37. The van der Waals surface area contributed by atoms with Crippen LogP contribution in [0.2, 0.25) is 0 Å². The van der Waals surface area contributed by atoms with Crippen molar-refractivity contribution in [1.82, 2.24) is 35.4 Å². The third-order valence-electron chi connectivity index (χ3n) is 7.06. The van der Waals surface area contributed by atoms with Crippen LogP contribution >= 0.6 is 0 Å². The number of amides is 1. The molecule has 4 heterocycles. The lowest BCUT2D eigenvalue weighted by molar-refractivity contribution is 0.0649. The number of phenols is 2. The number of aromatic carboxylic acids is 2. The van der Waals surface area contributed by atoms with Gasteiger partial charge in [-0.2, -0.15) is 0 Å². The summed E-state index contributed by atoms with van der Waals surface area (Å²) in [5, 5.41) is 50.2. The van der Waals surface area contributed by atoms with E-state index in [1.54, 1.807) is 52.7 Å². The van der Waals surface area contributed by atoms with Crippen LogP contribution in [0, 0.1) is 0 Å². The Hall–Kier alpha value is -5.96. The average Bonchev–Trinajstić information content (AvgIpc) is 3.59. The van der Waals surface area contributed by atoms with Crippen molar-refractivity contribution in [2.45, 2.75) is 6.42 Å². The molecule has 0 aliphatic carbocycles. The molecule has 0 unspecified atom stereocenters. The number of carboxylic acids is 2. The molecule has 0 atom stereocenters. The monoisotopic (exact) mass is 584 g/mol. The van der Waals surface area contributed by atoms with E-state index >= 15 is 0 Å². The number of aromatic nitrogens is 4. The fraction of sp³-hybridized carbons (Fsp3) is 0.143. The summed E-state index contributed by atoms with van der Waals surface area (Å²) < 4.78 is 1.35. The van der Waals surface area contributed by atoms with E-state index < -0.39 is 23.4 Å². The highest BCUT2D eigenvalue weighted by molar-refractivity contribution is 5.96. The molecule has 0 bridgehead atoms. The molecule has 218 valence electrons. The van der Waals surface area contributed by atoms with Crippen LogP contribution in [-0.4, -0.2) is 88.4 Å². The van der Waals surface area contributed by atoms with Crippen LogP contribution in [0.25, 0.3) is 22.8 Å². The fourth-order valence-corrected chi connectivity index (χ4v) is 4.66. The minimum absolute atomic E-state index is 0.171. The van der Waals surface area contributed by atoms with Gasteiger partial charge in [0.05, 0.1) is 40.9 Å². The Bertz CT molecular complexity index is 1830. The van der Waals surface area contributed by atoms with Crippen LogP contribution in [0.5, 0.6) is 11.5 Å². The van der Waals surface area contributed by atoms with Crippen molar-refractivity contribution in [3.63, 3.8) is 0 Å². The number of hydrogen-bond acceptors (Lipinski definition) is 11. The number of nitrogens with zero attached hydrogens (tertiary/aromatic N) is 7. The number of carbonyl (C=O) groups is 3. The highest BCUT2D eigenvalue weighted by atomic mass is 16.4. The molecule has 6 rings (SSSR count). The number of aromatic hydroxyl groups is 2. The molecular weight excluding hydrogens is 560 g/mol. The van der Waals surface area contributed by atoms with Crippen LogP contribution < -0.4 is 10.4 Å². The zero-order chi connectivity index (χ0) is 30.4. The van der Waals surface area contributed by atoms with Crippen molar-refractivity contribution in [3.05, 3.63) is 83.3 Å². The summed E-state index contributed by atoms with van der Waals surface area (Å²) in [5.74, 6) is -3.51. The summed E-state index contributed by atoms with van der Waals surface area (Å²) in [4.78, 5) is 42.3. The zero-order valence-corrected chi connectivity index (χ0v) is 22.5. The number of hydrazine groups is 2. The van der Waals surface area contributed by atoms with Gasteiger partial charge in [0.25, 0.3) is 5.91 Å². The Morgan fingerprint density at radius 2 is 1.47 bits per heavy atom. The lowest BCUT2D eigenvalue weighted by Gasteiger charge is -2.31. The molecular formula is C28H24N8O7. The first-order valence-corrected chi connectivity index (χ1v) is 13.0. The molecule has 2 aromatic carbocycles. The molecule has 4 aromatic rings. The first-order chi connectivity index (χ1) is 20.6. The molecule has 1 amide bonds. The number of rotatable bonds is 7. The van der Waals surface area contributed by atoms with E-state index in [0.717, 1.165) is 6.42 Å². The Morgan fingerprint density at radius 1 is 0.837 bits per heavy atom. The number of hydrogen-bond donors (Lipinski definition) is 5. The predicted octanol–water partition coefficient (Wildman–Crippen LogP) is 2.15. The van der Waals surface area contributed by atoms with E-state index in [4.69, 9.17) is 4.98 Å². The van der Waals surface area contributed by atoms with E-state index in [-0.39, 0.29) is 17.0 Å². The maximum absolute atomic E-state index is 13.2. The van der Waals surface area contributed by atoms with Crippen molar-refractivity contribution < 1.29 is 34.8 Å². The highest BCUT2D eigenvalue weighted by Gasteiger charge is 2.27. The molecule has 2 aliphatic rings. The summed E-state index contributed by atoms with van der Waals surface area (Å²) in [6.07, 6.45) is 4.14. The molecule has 0 spiro atoms. The standard InChI is InChI=1S/C28H24N8O7/c1-33-31-23(14-36(33)17-4-6-19(28(42)43)25(38)12-17)21-10-15(26(39)34-7-2-8-34)9-20(29-21)22-13-35(32-30-22)16-3-5-18(27(40)41)24(37)11-16/h3-6,9-14,31,37-38H,2,7-8H2,1H3,(H,40,41)(H,42,43). The lowest BCUT2D eigenvalue weighted by Crippen LogP contribution is -2.42. The molecule has 2 aromatic heterocycles. The average molecular weight is 585 g/mol. The quantitative estimate of drug-likeness (QED) is 0.212. The van der Waals surface area contributed by atoms with E-state index in [9.17, 15) is 34.8 Å². The van der Waals surface area contributed by atoms with E-state index in [1.807, 2.05) is 0 Å². The minimum atomic E-state index is -1.27. The van der Waals surface area contributed by atoms with Gasteiger partial charge < -0.3 is 25.3 Å². The zero-order valence-electron chi connectivity index (χ0n) is 22.5. The Labute approximate surface area is 243 Å². The van der Waals surface area contributed by atoms with Gasteiger partial charge in [0.15, 0.2) is 0 Å². The van der Waals surface area contributed by atoms with Crippen LogP contribution in [0.15, 0.2) is 60.9 Å². The van der Waals surface area contributed by atoms with E-state index in [1.165, 1.54) is 35.0 Å². The highest BCUT2D eigenvalue weighted by Crippen LogP contribution is 2.31. The van der Waals surface area contributed by atoms with Gasteiger partial charge in [-0.05, 0) is 42.8 Å². The van der Waals surface area contributed by atoms with Crippen LogP contribution in [-0.2, 0) is 0 Å². The van der Waals surface area contributed by atoms with Gasteiger partial charge in [-0.15, -0.1) is 10.2 Å². The lowest BCUT2D eigenvalue weighted by atomic mass is 10.1. The number of carboxylic acid groups (broad SMARTS) is 2. The Morgan fingerprint density at radius 3 is 2.07 bits per heavy atom. The molecule has 43 heavy (non-hydrogen) atoms. The normalized spacial score (nSPS) is 14.7. The van der Waals surface area contributed by atoms with Gasteiger partial charge in [-0.3, -0.25) is 15.2 Å². The number of anilines is 1. The van der Waals surface area contributed by atoms with Gasteiger partial charge in [-0.1, -0.05) is 5.21 Å². The van der Waals surface area contributed by atoms with Crippen LogP contribution in [0.3, 0.4) is 0 Å². The molecule has 1 fully saturated rings. The third kappa shape index (κ3) is 5.04. The van der Waals surface area contributed by atoms with Gasteiger partial charge in [0, 0.05) is 37.8 Å². The van der Waals surface area contributed by atoms with Crippen LogP contribution in [0.4, 0.5) is 5.69 Å². The topological polar surface area (TPSA) is 197 Å². The number of nitrogens with one attached hydrogen (secondary N) is 1. The van der Waals surface area contributed by atoms with Gasteiger partial charge in [0.2, 0.25) is 0 Å². The Kier molecular flexibility index (Phi) is 6.62. The molecule has 15 nitrogen and oxygen atoms in total. The number of carbonyl (C=O) groups excluding carboxylic acids is 1. The van der Waals surface area contributed by atoms with Gasteiger partial charge in [-0.25, -0.2) is 19.3 Å². The summed E-state index contributed by atoms with van der Waals surface area (Å²) in [6.45, 7) is 1.29. The second-order valence-electron chi connectivity index (χ2n) is 9.86. The first kappa shape index (κ1) is 27.2. The van der Waals surface area contributed by atoms with Gasteiger partial charge in [0.1, 0.15) is 28.3 Å². The molecule has 15 heteroatoms. The molecule has 0 saturated carbocycles. The third-order valence-corrected chi connectivity index (χ3v) is 7.06. The summed E-state index contributed by atoms with van der Waals surface area (Å²) in [5.41, 5.74) is 5.45. The first-order valence-electron chi connectivity index (χ1n) is 13.0. The summed E-state index contributed by atoms with van der Waals surface area (Å²) >= 11 is 0. The molecule has 0 radical (unpaired) electrons. The molecule has 5 N–H and O–H groups in total. The van der Waals surface area contributed by atoms with Crippen molar-refractivity contribution in [1.29, 1.82) is 0 Å². The predicted molar refractivity (Wildman–Crippen MR) is 150 cm³/mol. The maximum atomic E-state index is 13.2. The van der Waals surface area contributed by atoms with Crippen molar-refractivity contribution >= 4 is 29.2 Å². The summed E-state index contributed by atoms with van der Waals surface area (Å²) in [6, 6.07) is 11.4. The number of benzene rings is 2. The van der Waals surface area contributed by atoms with Gasteiger partial charge >= 0.3 is 11.9 Å². The van der Waals surface area contributed by atoms with E-state index in [0.29, 0.717) is 52.8 Å². The smallest absolute Gasteiger partial charge is 0.339 e. The fourth-order valence-electron chi connectivity index (χ4n) is 4.66. The molecule has 2 aliphatic heterocycles. The molecule has 1 saturated heterocycles. The minimum Gasteiger partial charge on any atom is -0.507 e. The maximum Gasteiger partial charge on any atom is 0.339 e.